The van der Waals surface area contributed by atoms with Crippen LogP contribution in [0.4, 0.5) is 5.82 Å². The molecular formula is C27H24ClN3O7S. The molecule has 1 aromatic carbocycles. The predicted molar refractivity (Wildman–Crippen MR) is 145 cm³/mol. The van der Waals surface area contributed by atoms with Crippen LogP contribution in [0.5, 0.6) is 17.2 Å². The van der Waals surface area contributed by atoms with Crippen molar-refractivity contribution < 1.29 is 23.8 Å². The Bertz CT molecular complexity index is 1750. The largest absolute Gasteiger partial charge is 0.496 e. The fraction of sp³-hybridized carbons (Fsp3) is 0.333. The fourth-order valence-electron chi connectivity index (χ4n) is 5.96. The predicted octanol–water partition coefficient (Wildman–Crippen LogP) is 3.25. The average Bonchev–Trinajstić information content (AvgIpc) is 3.57. The molecule has 12 heteroatoms. The van der Waals surface area contributed by atoms with Gasteiger partial charge in [0.05, 0.1) is 19.8 Å². The van der Waals surface area contributed by atoms with Crippen LogP contribution in [0.2, 0.25) is 5.02 Å². The van der Waals surface area contributed by atoms with E-state index in [1.165, 1.54) is 43.2 Å². The summed E-state index contributed by atoms with van der Waals surface area (Å²) in [6, 6.07) is 3.31. The number of nitrogens with one attached hydrogen (secondary N) is 1. The smallest absolute Gasteiger partial charge is 0.332 e. The molecule has 0 saturated heterocycles. The van der Waals surface area contributed by atoms with Crippen LogP contribution in [-0.4, -0.2) is 40.5 Å². The van der Waals surface area contributed by atoms with Crippen molar-refractivity contribution in [2.24, 2.45) is 20.0 Å². The molecule has 39 heavy (non-hydrogen) atoms. The lowest BCUT2D eigenvalue weighted by molar-refractivity contribution is -0.130. The minimum absolute atomic E-state index is 0.0247. The van der Waals surface area contributed by atoms with Crippen LogP contribution >= 0.6 is 22.9 Å². The Hall–Kier alpha value is -3.83. The third-order valence-electron chi connectivity index (χ3n) is 7.95. The van der Waals surface area contributed by atoms with Gasteiger partial charge in [0, 0.05) is 43.3 Å². The SMILES string of the molecule is COc1cc(OC)c2c(c1Cl)OC1(C(=O)C3=C(CC1C)Nc1c(c(=O)n(C)c(=O)n1C)C3c1ccsc1)C2=O. The Labute approximate surface area is 231 Å². The van der Waals surface area contributed by atoms with E-state index in [1.807, 2.05) is 16.8 Å². The summed E-state index contributed by atoms with van der Waals surface area (Å²) in [6.45, 7) is 1.75. The summed E-state index contributed by atoms with van der Waals surface area (Å²) in [5.41, 5.74) is -1.15. The number of anilines is 1. The highest BCUT2D eigenvalue weighted by Gasteiger charge is 2.63. The number of carbonyl (C=O) groups excluding carboxylic acids is 2. The quantitative estimate of drug-likeness (QED) is 0.478. The molecule has 1 N–H and O–H groups in total. The van der Waals surface area contributed by atoms with Crippen LogP contribution in [0.15, 0.2) is 43.8 Å². The first-order valence-corrected chi connectivity index (χ1v) is 13.5. The molecule has 10 nitrogen and oxygen atoms in total. The topological polar surface area (TPSA) is 118 Å². The number of ether oxygens (including phenoxy) is 3. The van der Waals surface area contributed by atoms with E-state index in [0.717, 1.165) is 4.57 Å². The van der Waals surface area contributed by atoms with Gasteiger partial charge in [-0.2, -0.15) is 11.3 Å². The number of benzene rings is 1. The van der Waals surface area contributed by atoms with E-state index in [2.05, 4.69) is 5.32 Å². The number of aromatic nitrogens is 2. The van der Waals surface area contributed by atoms with Gasteiger partial charge in [-0.3, -0.25) is 23.5 Å². The van der Waals surface area contributed by atoms with E-state index in [1.54, 1.807) is 14.0 Å². The molecule has 2 aromatic heterocycles. The van der Waals surface area contributed by atoms with Gasteiger partial charge in [-0.15, -0.1) is 0 Å². The number of ketones is 2. The van der Waals surface area contributed by atoms with Gasteiger partial charge in [-0.05, 0) is 28.8 Å². The van der Waals surface area contributed by atoms with E-state index >= 15 is 0 Å². The molecule has 3 aliphatic rings. The molecule has 0 bridgehead atoms. The molecule has 0 fully saturated rings. The van der Waals surface area contributed by atoms with Crippen LogP contribution in [0.1, 0.15) is 40.7 Å². The average molecular weight is 570 g/mol. The van der Waals surface area contributed by atoms with E-state index in [9.17, 15) is 19.2 Å². The highest BCUT2D eigenvalue weighted by Crippen LogP contribution is 2.56. The summed E-state index contributed by atoms with van der Waals surface area (Å²) < 4.78 is 19.5. The first-order valence-electron chi connectivity index (χ1n) is 12.1. The zero-order valence-electron chi connectivity index (χ0n) is 21.7. The van der Waals surface area contributed by atoms with Crippen molar-refractivity contribution in [2.45, 2.75) is 24.9 Å². The highest BCUT2D eigenvalue weighted by molar-refractivity contribution is 7.08. The minimum Gasteiger partial charge on any atom is -0.496 e. The summed E-state index contributed by atoms with van der Waals surface area (Å²) in [6.07, 6.45) is 0.237. The molecule has 0 radical (unpaired) electrons. The Balaban J connectivity index is 1.60. The zero-order valence-corrected chi connectivity index (χ0v) is 23.3. The molecule has 4 heterocycles. The molecule has 2 aliphatic heterocycles. The third kappa shape index (κ3) is 3.14. The number of methoxy groups -OCH3 is 2. The number of thiophene rings is 1. The molecule has 202 valence electrons. The second kappa shape index (κ2) is 8.59. The van der Waals surface area contributed by atoms with Crippen LogP contribution < -0.4 is 30.8 Å². The Morgan fingerprint density at radius 1 is 1.10 bits per heavy atom. The molecule has 1 spiro atoms. The lowest BCUT2D eigenvalue weighted by atomic mass is 9.66. The van der Waals surface area contributed by atoms with E-state index < -0.39 is 40.3 Å². The number of Topliss-reactive ketones (excluding diaryl/α,β-unsaturated/α-hetero) is 2. The number of hydrogen-bond acceptors (Lipinski definition) is 9. The molecule has 6 rings (SSSR count). The highest BCUT2D eigenvalue weighted by atomic mass is 35.5. The van der Waals surface area contributed by atoms with Gasteiger partial charge in [-0.1, -0.05) is 18.5 Å². The number of rotatable bonds is 3. The van der Waals surface area contributed by atoms with Gasteiger partial charge in [0.15, 0.2) is 5.75 Å². The zero-order chi connectivity index (χ0) is 28.0. The standard InChI is InChI=1S/C27H24ClN3O7S/c1-11-8-13-17(16(12-6-7-39-10-12)19-24(29-13)30(2)26(35)31(3)25(19)34)22(32)27(11)23(33)18-14(36-4)9-15(37-5)20(28)21(18)38-27/h6-7,9-11,16,29H,8H2,1-5H3. The molecule has 1 aliphatic carbocycles. The first-order chi connectivity index (χ1) is 18.6. The van der Waals surface area contributed by atoms with Crippen molar-refractivity contribution >= 4 is 40.3 Å². The molecule has 3 atom stereocenters. The Kier molecular flexibility index (Phi) is 5.60. The number of halogens is 1. The maximum Gasteiger partial charge on any atom is 0.332 e. The van der Waals surface area contributed by atoms with E-state index in [-0.39, 0.29) is 45.4 Å². The Morgan fingerprint density at radius 3 is 2.46 bits per heavy atom. The fourth-order valence-corrected chi connectivity index (χ4v) is 6.91. The van der Waals surface area contributed by atoms with Gasteiger partial charge >= 0.3 is 5.69 Å². The first kappa shape index (κ1) is 25.4. The second-order valence-electron chi connectivity index (χ2n) is 9.88. The molecule has 3 aromatic rings. The Morgan fingerprint density at radius 2 is 1.82 bits per heavy atom. The summed E-state index contributed by atoms with van der Waals surface area (Å²) in [5, 5.41) is 6.95. The van der Waals surface area contributed by atoms with Crippen molar-refractivity contribution in [1.82, 2.24) is 9.13 Å². The summed E-state index contributed by atoms with van der Waals surface area (Å²) in [7, 11) is 5.80. The molecule has 3 unspecified atom stereocenters. The van der Waals surface area contributed by atoms with Crippen LogP contribution in [0.25, 0.3) is 0 Å². The molecule has 0 saturated carbocycles. The van der Waals surface area contributed by atoms with Crippen molar-refractivity contribution in [1.29, 1.82) is 0 Å². The molecular weight excluding hydrogens is 546 g/mol. The van der Waals surface area contributed by atoms with Crippen LogP contribution in [0, 0.1) is 5.92 Å². The van der Waals surface area contributed by atoms with Gasteiger partial charge in [0.1, 0.15) is 27.9 Å². The number of carbonyl (C=O) groups is 2. The maximum atomic E-state index is 14.7. The number of hydrogen-bond donors (Lipinski definition) is 1. The monoisotopic (exact) mass is 569 g/mol. The van der Waals surface area contributed by atoms with Gasteiger partial charge < -0.3 is 19.5 Å². The van der Waals surface area contributed by atoms with Crippen molar-refractivity contribution in [3.05, 3.63) is 76.7 Å². The van der Waals surface area contributed by atoms with Gasteiger partial charge in [0.2, 0.25) is 17.2 Å². The van der Waals surface area contributed by atoms with Gasteiger partial charge in [0.25, 0.3) is 5.56 Å². The minimum atomic E-state index is -1.93. The van der Waals surface area contributed by atoms with Crippen molar-refractivity contribution in [2.75, 3.05) is 19.5 Å². The van der Waals surface area contributed by atoms with E-state index in [4.69, 9.17) is 25.8 Å². The summed E-state index contributed by atoms with van der Waals surface area (Å²) in [5.74, 6) is -1.82. The third-order valence-corrected chi connectivity index (χ3v) is 9.01. The summed E-state index contributed by atoms with van der Waals surface area (Å²) >= 11 is 7.98. The second-order valence-corrected chi connectivity index (χ2v) is 11.0. The number of fused-ring (bicyclic) bond motifs is 2. The number of allylic oxidation sites excluding steroid dienone is 1. The van der Waals surface area contributed by atoms with Crippen LogP contribution in [0.3, 0.4) is 0 Å². The lowest BCUT2D eigenvalue weighted by Crippen LogP contribution is -2.58. The van der Waals surface area contributed by atoms with E-state index in [0.29, 0.717) is 17.1 Å². The lowest BCUT2D eigenvalue weighted by Gasteiger charge is -2.42. The summed E-state index contributed by atoms with van der Waals surface area (Å²) in [4.78, 5) is 55.1. The maximum absolute atomic E-state index is 14.7. The number of nitrogens with zero attached hydrogens (tertiary/aromatic N) is 2. The van der Waals surface area contributed by atoms with Crippen molar-refractivity contribution in [3.8, 4) is 17.2 Å². The normalized spacial score (nSPS) is 23.2. The van der Waals surface area contributed by atoms with Gasteiger partial charge in [-0.25, -0.2) is 4.79 Å². The van der Waals surface area contributed by atoms with Crippen LogP contribution in [-0.2, 0) is 18.9 Å². The molecule has 0 amide bonds. The van der Waals surface area contributed by atoms with Crippen molar-refractivity contribution in [3.63, 3.8) is 0 Å².